The topological polar surface area (TPSA) is 42.8 Å². The molecular weight excluding hydrogens is 228 g/mol. The Bertz CT molecular complexity index is 451. The predicted molar refractivity (Wildman–Crippen MR) is 69.1 cm³/mol. The van der Waals surface area contributed by atoms with E-state index in [2.05, 4.69) is 18.6 Å². The number of benzene rings is 1. The van der Waals surface area contributed by atoms with Crippen LogP contribution in [0, 0.1) is 6.92 Å². The molecule has 4 nitrogen and oxygen atoms in total. The van der Waals surface area contributed by atoms with Crippen molar-refractivity contribution in [1.29, 1.82) is 0 Å². The third-order valence-corrected chi connectivity index (χ3v) is 3.08. The molecule has 1 heterocycles. The molecule has 1 atom stereocenters. The van der Waals surface area contributed by atoms with Gasteiger partial charge >= 0.3 is 5.97 Å². The van der Waals surface area contributed by atoms with Gasteiger partial charge in [-0.05, 0) is 25.1 Å². The molecule has 0 aliphatic carbocycles. The van der Waals surface area contributed by atoms with Crippen molar-refractivity contribution < 1.29 is 14.5 Å². The van der Waals surface area contributed by atoms with E-state index in [4.69, 9.17) is 4.84 Å². The summed E-state index contributed by atoms with van der Waals surface area (Å²) in [5.74, 6) is -0.345. The Morgan fingerprint density at radius 3 is 2.67 bits per heavy atom. The van der Waals surface area contributed by atoms with Gasteiger partial charge in [-0.25, -0.2) is 10.3 Å². The summed E-state index contributed by atoms with van der Waals surface area (Å²) < 4.78 is 0. The van der Waals surface area contributed by atoms with Crippen molar-refractivity contribution in [2.75, 3.05) is 20.1 Å². The first kappa shape index (κ1) is 12.6. The summed E-state index contributed by atoms with van der Waals surface area (Å²) in [7, 11) is 2.14. The first-order chi connectivity index (χ1) is 8.65. The number of likely N-dealkylation sites (N-methyl/N-ethyl adjacent to an activating group) is 1. The molecule has 0 saturated carbocycles. The van der Waals surface area contributed by atoms with E-state index >= 15 is 0 Å². The van der Waals surface area contributed by atoms with Gasteiger partial charge in [-0.15, -0.1) is 0 Å². The van der Waals surface area contributed by atoms with E-state index in [9.17, 15) is 4.79 Å². The number of aryl methyl sites for hydroxylation is 1. The number of rotatable bonds is 3. The molecule has 1 aromatic carbocycles. The lowest BCUT2D eigenvalue weighted by Crippen LogP contribution is -3.09. The van der Waals surface area contributed by atoms with Crippen LogP contribution in [0.2, 0.25) is 0 Å². The molecule has 0 saturated heterocycles. The molecule has 0 aromatic heterocycles. The molecule has 0 bridgehead atoms. The van der Waals surface area contributed by atoms with Gasteiger partial charge in [0.1, 0.15) is 0 Å². The smallest absolute Gasteiger partial charge is 0.338 e. The fourth-order valence-corrected chi connectivity index (χ4v) is 1.80. The number of carbonyl (C=O) groups excluding carboxylic acids is 1. The maximum Gasteiger partial charge on any atom is 0.362 e. The summed E-state index contributed by atoms with van der Waals surface area (Å²) in [6.45, 7) is 4.00. The zero-order chi connectivity index (χ0) is 13.0. The SMILES string of the molecule is Cc1ccc(C(=O)ONC2=CC[NH+](C)CC2)cc1. The molecule has 1 aliphatic rings. The third-order valence-electron chi connectivity index (χ3n) is 3.08. The third kappa shape index (κ3) is 3.34. The molecule has 18 heavy (non-hydrogen) atoms. The number of hydroxylamine groups is 1. The fourth-order valence-electron chi connectivity index (χ4n) is 1.80. The molecule has 0 amide bonds. The van der Waals surface area contributed by atoms with Crippen LogP contribution in [0.4, 0.5) is 0 Å². The van der Waals surface area contributed by atoms with Gasteiger partial charge in [0, 0.05) is 6.42 Å². The van der Waals surface area contributed by atoms with Gasteiger partial charge in [-0.3, -0.25) is 0 Å². The minimum atomic E-state index is -0.345. The van der Waals surface area contributed by atoms with Crippen molar-refractivity contribution in [3.8, 4) is 0 Å². The van der Waals surface area contributed by atoms with Crippen LogP contribution < -0.4 is 10.4 Å². The van der Waals surface area contributed by atoms with Crippen molar-refractivity contribution in [1.82, 2.24) is 5.48 Å². The van der Waals surface area contributed by atoms with Crippen molar-refractivity contribution in [2.24, 2.45) is 0 Å². The molecule has 1 aliphatic heterocycles. The van der Waals surface area contributed by atoms with Gasteiger partial charge in [-0.1, -0.05) is 17.7 Å². The van der Waals surface area contributed by atoms with Crippen LogP contribution in [0.3, 0.4) is 0 Å². The van der Waals surface area contributed by atoms with Crippen molar-refractivity contribution in [3.63, 3.8) is 0 Å². The van der Waals surface area contributed by atoms with Gasteiger partial charge in [0.15, 0.2) is 0 Å². The summed E-state index contributed by atoms with van der Waals surface area (Å²) in [6.07, 6.45) is 2.98. The zero-order valence-electron chi connectivity index (χ0n) is 10.8. The minimum absolute atomic E-state index is 0.345. The Morgan fingerprint density at radius 1 is 1.33 bits per heavy atom. The molecule has 96 valence electrons. The van der Waals surface area contributed by atoms with E-state index < -0.39 is 0 Å². The number of nitrogens with one attached hydrogen (secondary N) is 2. The average molecular weight is 247 g/mol. The van der Waals surface area contributed by atoms with E-state index in [1.165, 1.54) is 4.90 Å². The highest BCUT2D eigenvalue weighted by atomic mass is 16.7. The van der Waals surface area contributed by atoms with Crippen LogP contribution in [0.25, 0.3) is 0 Å². The molecule has 0 spiro atoms. The largest absolute Gasteiger partial charge is 0.362 e. The second-order valence-corrected chi connectivity index (χ2v) is 4.75. The normalized spacial score (nSPS) is 19.0. The Balaban J connectivity index is 1.87. The predicted octanol–water partition coefficient (Wildman–Crippen LogP) is 0.459. The molecule has 1 aromatic rings. The Hall–Kier alpha value is -1.81. The van der Waals surface area contributed by atoms with E-state index in [1.807, 2.05) is 19.1 Å². The van der Waals surface area contributed by atoms with Crippen LogP contribution in [0.5, 0.6) is 0 Å². The molecule has 0 fully saturated rings. The second kappa shape index (κ2) is 5.69. The number of carbonyl (C=O) groups is 1. The Morgan fingerprint density at radius 2 is 2.06 bits per heavy atom. The van der Waals surface area contributed by atoms with Gasteiger partial charge in [0.2, 0.25) is 0 Å². The quantitative estimate of drug-likeness (QED) is 0.763. The molecular formula is C14H19N2O2+. The highest BCUT2D eigenvalue weighted by molar-refractivity contribution is 5.89. The maximum absolute atomic E-state index is 11.7. The Labute approximate surface area is 107 Å². The lowest BCUT2D eigenvalue weighted by molar-refractivity contribution is -0.875. The number of quaternary nitrogens is 1. The highest BCUT2D eigenvalue weighted by Crippen LogP contribution is 2.05. The summed E-state index contributed by atoms with van der Waals surface area (Å²) in [4.78, 5) is 18.3. The molecule has 1 unspecified atom stereocenters. The van der Waals surface area contributed by atoms with Crippen LogP contribution in [-0.2, 0) is 4.84 Å². The summed E-state index contributed by atoms with van der Waals surface area (Å²) in [5, 5.41) is 0. The van der Waals surface area contributed by atoms with Crippen molar-refractivity contribution >= 4 is 5.97 Å². The van der Waals surface area contributed by atoms with Gasteiger partial charge in [-0.2, -0.15) is 0 Å². The fraction of sp³-hybridized carbons (Fsp3) is 0.357. The van der Waals surface area contributed by atoms with Crippen LogP contribution in [0.1, 0.15) is 22.3 Å². The second-order valence-electron chi connectivity index (χ2n) is 4.75. The number of hydrogen-bond acceptors (Lipinski definition) is 3. The van der Waals surface area contributed by atoms with E-state index in [0.29, 0.717) is 5.56 Å². The molecule has 2 N–H and O–H groups in total. The van der Waals surface area contributed by atoms with E-state index in [1.54, 1.807) is 12.1 Å². The zero-order valence-corrected chi connectivity index (χ0v) is 10.8. The lowest BCUT2D eigenvalue weighted by atomic mass is 10.2. The van der Waals surface area contributed by atoms with Gasteiger partial charge in [0.25, 0.3) is 0 Å². The minimum Gasteiger partial charge on any atom is -0.338 e. The van der Waals surface area contributed by atoms with Gasteiger partial charge in [0.05, 0.1) is 31.4 Å². The van der Waals surface area contributed by atoms with Crippen molar-refractivity contribution in [3.05, 3.63) is 47.2 Å². The lowest BCUT2D eigenvalue weighted by Gasteiger charge is -2.19. The number of hydrogen-bond donors (Lipinski definition) is 2. The molecule has 0 radical (unpaired) electrons. The average Bonchev–Trinajstić information content (AvgIpc) is 2.38. The van der Waals surface area contributed by atoms with E-state index in [-0.39, 0.29) is 5.97 Å². The monoisotopic (exact) mass is 247 g/mol. The van der Waals surface area contributed by atoms with Crippen LogP contribution in [0.15, 0.2) is 36.0 Å². The first-order valence-electron chi connectivity index (χ1n) is 6.19. The van der Waals surface area contributed by atoms with Crippen LogP contribution >= 0.6 is 0 Å². The summed E-state index contributed by atoms with van der Waals surface area (Å²) in [6, 6.07) is 7.34. The molecule has 2 rings (SSSR count). The van der Waals surface area contributed by atoms with Crippen molar-refractivity contribution in [2.45, 2.75) is 13.3 Å². The van der Waals surface area contributed by atoms with E-state index in [0.717, 1.165) is 30.8 Å². The highest BCUT2D eigenvalue weighted by Gasteiger charge is 2.12. The summed E-state index contributed by atoms with van der Waals surface area (Å²) >= 11 is 0. The maximum atomic E-state index is 11.7. The van der Waals surface area contributed by atoms with Crippen LogP contribution in [-0.4, -0.2) is 26.1 Å². The summed E-state index contributed by atoms with van der Waals surface area (Å²) in [5.41, 5.74) is 5.43. The molecule has 4 heteroatoms. The first-order valence-corrected chi connectivity index (χ1v) is 6.19. The standard InChI is InChI=1S/C14H18N2O2/c1-11-3-5-12(6-4-11)14(17)18-15-13-7-9-16(2)10-8-13/h3-7,15H,8-10H2,1-2H3/p+1. The Kier molecular flexibility index (Phi) is 3.99. The van der Waals surface area contributed by atoms with Gasteiger partial charge < -0.3 is 9.74 Å².